The van der Waals surface area contributed by atoms with Gasteiger partial charge in [0, 0.05) is 23.7 Å². The van der Waals surface area contributed by atoms with Crippen LogP contribution in [0.25, 0.3) is 0 Å². The van der Waals surface area contributed by atoms with E-state index >= 15 is 0 Å². The maximum absolute atomic E-state index is 12.1. The Morgan fingerprint density at radius 1 is 1.35 bits per heavy atom. The Bertz CT molecular complexity index is 687. The molecule has 2 N–H and O–H groups in total. The van der Waals surface area contributed by atoms with Gasteiger partial charge in [0.2, 0.25) is 0 Å². The molecule has 100 valence electrons. The molecule has 2 heterocycles. The molecule has 0 aromatic carbocycles. The van der Waals surface area contributed by atoms with Crippen molar-refractivity contribution in [2.45, 2.75) is 6.92 Å². The van der Waals surface area contributed by atoms with Crippen molar-refractivity contribution in [3.05, 3.63) is 53.5 Å². The van der Waals surface area contributed by atoms with Crippen LogP contribution >= 0.6 is 0 Å². The number of nitrogens with one attached hydrogen (secondary N) is 1. The van der Waals surface area contributed by atoms with E-state index in [4.69, 9.17) is 5.11 Å². The Hall–Kier alpha value is -2.71. The first-order valence-electron chi connectivity index (χ1n) is 5.99. The first kappa shape index (κ1) is 13.7. The molecule has 2 aromatic heterocycles. The van der Waals surface area contributed by atoms with E-state index in [1.807, 2.05) is 0 Å². The summed E-state index contributed by atoms with van der Waals surface area (Å²) in [4.78, 5) is 20.2. The Kier molecular flexibility index (Phi) is 4.43. The number of amides is 1. The number of hydrogen-bond acceptors (Lipinski definition) is 4. The third kappa shape index (κ3) is 3.40. The number of rotatable bonds is 2. The average Bonchev–Trinajstić information content (AvgIpc) is 2.46. The molecule has 0 saturated heterocycles. The second-order valence-corrected chi connectivity index (χ2v) is 3.98. The fraction of sp³-hybridized carbons (Fsp3) is 0.133. The SMILES string of the molecule is Cc1ncccc1C(=O)Nc1cc(C#CCO)ccn1. The average molecular weight is 267 g/mol. The maximum atomic E-state index is 12.1. The Morgan fingerprint density at radius 2 is 2.20 bits per heavy atom. The van der Waals surface area contributed by atoms with Crippen molar-refractivity contribution in [3.8, 4) is 11.8 Å². The van der Waals surface area contributed by atoms with Gasteiger partial charge in [-0.05, 0) is 31.2 Å². The summed E-state index contributed by atoms with van der Waals surface area (Å²) in [6, 6.07) is 6.76. The van der Waals surface area contributed by atoms with Crippen LogP contribution in [-0.2, 0) is 0 Å². The van der Waals surface area contributed by atoms with Gasteiger partial charge in [-0.15, -0.1) is 0 Å². The number of hydrogen-bond donors (Lipinski definition) is 2. The van der Waals surface area contributed by atoms with E-state index in [0.29, 0.717) is 22.6 Å². The molecule has 0 fully saturated rings. The molecule has 5 nitrogen and oxygen atoms in total. The first-order chi connectivity index (χ1) is 9.70. The zero-order valence-corrected chi connectivity index (χ0v) is 10.9. The molecule has 2 rings (SSSR count). The quantitative estimate of drug-likeness (QED) is 0.806. The topological polar surface area (TPSA) is 75.1 Å². The van der Waals surface area contributed by atoms with Crippen molar-refractivity contribution >= 4 is 11.7 Å². The van der Waals surface area contributed by atoms with E-state index in [9.17, 15) is 4.79 Å². The van der Waals surface area contributed by atoms with Gasteiger partial charge < -0.3 is 10.4 Å². The molecule has 0 aliphatic carbocycles. The molecule has 20 heavy (non-hydrogen) atoms. The number of aryl methyl sites for hydroxylation is 1. The molecule has 0 spiro atoms. The Morgan fingerprint density at radius 3 is 2.95 bits per heavy atom. The summed E-state index contributed by atoms with van der Waals surface area (Å²) in [5, 5.41) is 11.4. The summed E-state index contributed by atoms with van der Waals surface area (Å²) >= 11 is 0. The molecule has 0 atom stereocenters. The summed E-state index contributed by atoms with van der Waals surface area (Å²) in [5.74, 6) is 5.43. The highest BCUT2D eigenvalue weighted by Gasteiger charge is 2.09. The van der Waals surface area contributed by atoms with Gasteiger partial charge in [-0.2, -0.15) is 0 Å². The predicted octanol–water partition coefficient (Wildman–Crippen LogP) is 1.38. The molecule has 2 aromatic rings. The molecule has 0 saturated carbocycles. The number of aliphatic hydroxyl groups excluding tert-OH is 1. The van der Waals surface area contributed by atoms with Gasteiger partial charge in [-0.25, -0.2) is 4.98 Å². The number of carbonyl (C=O) groups is 1. The third-order valence-electron chi connectivity index (χ3n) is 2.56. The monoisotopic (exact) mass is 267 g/mol. The number of aromatic nitrogens is 2. The van der Waals surface area contributed by atoms with Crippen LogP contribution in [0.3, 0.4) is 0 Å². The van der Waals surface area contributed by atoms with Gasteiger partial charge in [-0.1, -0.05) is 11.8 Å². The molecule has 0 aliphatic rings. The lowest BCUT2D eigenvalue weighted by Gasteiger charge is -2.06. The highest BCUT2D eigenvalue weighted by molar-refractivity contribution is 6.04. The van der Waals surface area contributed by atoms with Crippen molar-refractivity contribution in [2.75, 3.05) is 11.9 Å². The first-order valence-corrected chi connectivity index (χ1v) is 5.99. The minimum absolute atomic E-state index is 0.209. The minimum atomic E-state index is -0.268. The lowest BCUT2D eigenvalue weighted by atomic mass is 10.2. The van der Waals surface area contributed by atoms with Crippen molar-refractivity contribution in [2.24, 2.45) is 0 Å². The van der Waals surface area contributed by atoms with Gasteiger partial charge in [-0.3, -0.25) is 9.78 Å². The lowest BCUT2D eigenvalue weighted by Crippen LogP contribution is -2.14. The fourth-order valence-corrected chi connectivity index (χ4v) is 1.63. The van der Waals surface area contributed by atoms with Gasteiger partial charge in [0.1, 0.15) is 12.4 Å². The molecule has 0 aliphatic heterocycles. The fourth-order valence-electron chi connectivity index (χ4n) is 1.63. The summed E-state index contributed by atoms with van der Waals surface area (Å²) in [6.07, 6.45) is 3.18. The van der Waals surface area contributed by atoms with Gasteiger partial charge in [0.25, 0.3) is 5.91 Å². The van der Waals surface area contributed by atoms with Crippen molar-refractivity contribution in [3.63, 3.8) is 0 Å². The van der Waals surface area contributed by atoms with Crippen molar-refractivity contribution in [1.82, 2.24) is 9.97 Å². The predicted molar refractivity (Wildman–Crippen MR) is 75.1 cm³/mol. The third-order valence-corrected chi connectivity index (χ3v) is 2.56. The summed E-state index contributed by atoms with van der Waals surface area (Å²) in [6.45, 7) is 1.56. The molecule has 5 heteroatoms. The number of pyridine rings is 2. The minimum Gasteiger partial charge on any atom is -0.384 e. The zero-order valence-electron chi connectivity index (χ0n) is 10.9. The number of nitrogens with zero attached hydrogens (tertiary/aromatic N) is 2. The van der Waals surface area contributed by atoms with Crippen LogP contribution in [0.4, 0.5) is 5.82 Å². The molecular weight excluding hydrogens is 254 g/mol. The van der Waals surface area contributed by atoms with Gasteiger partial charge in [0.05, 0.1) is 5.56 Å². The summed E-state index contributed by atoms with van der Waals surface area (Å²) in [7, 11) is 0. The second-order valence-electron chi connectivity index (χ2n) is 3.98. The van der Waals surface area contributed by atoms with E-state index in [-0.39, 0.29) is 12.5 Å². The molecule has 0 bridgehead atoms. The Labute approximate surface area is 116 Å². The highest BCUT2D eigenvalue weighted by atomic mass is 16.2. The second kappa shape index (κ2) is 6.45. The van der Waals surface area contributed by atoms with Gasteiger partial charge >= 0.3 is 0 Å². The van der Waals surface area contributed by atoms with E-state index in [1.165, 1.54) is 0 Å². The van der Waals surface area contributed by atoms with Gasteiger partial charge in [0.15, 0.2) is 0 Å². The van der Waals surface area contributed by atoms with Crippen LogP contribution in [-0.4, -0.2) is 27.6 Å². The van der Waals surface area contributed by atoms with Crippen LogP contribution in [0.1, 0.15) is 21.6 Å². The maximum Gasteiger partial charge on any atom is 0.258 e. The molecule has 1 amide bonds. The van der Waals surface area contributed by atoms with E-state index in [2.05, 4.69) is 27.1 Å². The largest absolute Gasteiger partial charge is 0.384 e. The Balaban J connectivity index is 2.18. The van der Waals surface area contributed by atoms with Crippen LogP contribution in [0.15, 0.2) is 36.7 Å². The van der Waals surface area contributed by atoms with Crippen molar-refractivity contribution < 1.29 is 9.90 Å². The smallest absolute Gasteiger partial charge is 0.258 e. The van der Waals surface area contributed by atoms with E-state index in [0.717, 1.165) is 0 Å². The van der Waals surface area contributed by atoms with E-state index in [1.54, 1.807) is 43.6 Å². The standard InChI is InChI=1S/C15H13N3O2/c1-11-13(5-2-7-16-11)15(20)18-14-10-12(4-3-9-19)6-8-17-14/h2,5-8,10,19H,9H2,1H3,(H,17,18,20). The number of carbonyl (C=O) groups excluding carboxylic acids is 1. The van der Waals surface area contributed by atoms with Crippen molar-refractivity contribution in [1.29, 1.82) is 0 Å². The lowest BCUT2D eigenvalue weighted by molar-refractivity contribution is 0.102. The zero-order chi connectivity index (χ0) is 14.4. The summed E-state index contributed by atoms with van der Waals surface area (Å²) in [5.41, 5.74) is 1.83. The summed E-state index contributed by atoms with van der Waals surface area (Å²) < 4.78 is 0. The van der Waals surface area contributed by atoms with E-state index < -0.39 is 0 Å². The number of aliphatic hydroxyl groups is 1. The van der Waals surface area contributed by atoms with Crippen LogP contribution < -0.4 is 5.32 Å². The molecule has 0 radical (unpaired) electrons. The molecular formula is C15H13N3O2. The highest BCUT2D eigenvalue weighted by Crippen LogP contribution is 2.10. The van der Waals surface area contributed by atoms with Crippen LogP contribution in [0.2, 0.25) is 0 Å². The number of anilines is 1. The normalized spacial score (nSPS) is 9.50. The molecule has 0 unspecified atom stereocenters. The van der Waals surface area contributed by atoms with Crippen LogP contribution in [0.5, 0.6) is 0 Å². The van der Waals surface area contributed by atoms with Crippen LogP contribution in [0, 0.1) is 18.8 Å².